The van der Waals surface area contributed by atoms with Crippen molar-refractivity contribution in [2.75, 3.05) is 40.4 Å². The average molecular weight is 497 g/mol. The molecule has 11 nitrogen and oxygen atoms in total. The largest absolute Gasteiger partial charge is 0.495 e. The fraction of sp³-hybridized carbons (Fsp3) is 0.364. The van der Waals surface area contributed by atoms with Gasteiger partial charge in [-0.3, -0.25) is 9.59 Å². The van der Waals surface area contributed by atoms with Crippen molar-refractivity contribution in [3.8, 4) is 11.5 Å². The van der Waals surface area contributed by atoms with Crippen LogP contribution in [0.25, 0.3) is 0 Å². The summed E-state index contributed by atoms with van der Waals surface area (Å²) < 4.78 is 25.0. The van der Waals surface area contributed by atoms with Crippen molar-refractivity contribution in [1.82, 2.24) is 5.32 Å². The molecule has 2 N–H and O–H groups in total. The van der Waals surface area contributed by atoms with Crippen LogP contribution < -0.4 is 20.1 Å². The number of ether oxygens (including phenoxy) is 5. The first kappa shape index (κ1) is 26.5. The SMILES string of the molecule is COC(=O)C1=C(C)NC(C)=C(C(=O)OC)C1C(=O)OCC(=O)Nc1cc(Cl)c(OC)cc1OC. The number of carbonyl (C=O) groups excluding carboxylic acids is 4. The van der Waals surface area contributed by atoms with Crippen LogP contribution >= 0.6 is 11.6 Å². The van der Waals surface area contributed by atoms with Crippen LogP contribution in [0.2, 0.25) is 5.02 Å². The molecule has 0 aromatic heterocycles. The Hall–Kier alpha value is -3.73. The van der Waals surface area contributed by atoms with Gasteiger partial charge in [-0.2, -0.15) is 0 Å². The lowest BCUT2D eigenvalue weighted by Crippen LogP contribution is -2.38. The second-order valence-electron chi connectivity index (χ2n) is 6.96. The van der Waals surface area contributed by atoms with E-state index in [0.717, 1.165) is 14.2 Å². The van der Waals surface area contributed by atoms with Crippen LogP contribution in [0, 0.1) is 5.92 Å². The quantitative estimate of drug-likeness (QED) is 0.405. The first-order valence-corrected chi connectivity index (χ1v) is 10.2. The Morgan fingerprint density at radius 3 is 1.91 bits per heavy atom. The number of nitrogens with one attached hydrogen (secondary N) is 2. The van der Waals surface area contributed by atoms with Crippen molar-refractivity contribution in [3.05, 3.63) is 39.7 Å². The van der Waals surface area contributed by atoms with Crippen molar-refractivity contribution in [2.24, 2.45) is 5.92 Å². The molecule has 0 aliphatic carbocycles. The molecule has 184 valence electrons. The highest BCUT2D eigenvalue weighted by Crippen LogP contribution is 2.36. The minimum absolute atomic E-state index is 0.137. The van der Waals surface area contributed by atoms with Crippen molar-refractivity contribution in [3.63, 3.8) is 0 Å². The van der Waals surface area contributed by atoms with Crippen LogP contribution in [0.15, 0.2) is 34.7 Å². The molecule has 2 rings (SSSR count). The third-order valence-corrected chi connectivity index (χ3v) is 5.20. The summed E-state index contributed by atoms with van der Waals surface area (Å²) in [5, 5.41) is 5.59. The van der Waals surface area contributed by atoms with E-state index in [1.54, 1.807) is 0 Å². The normalized spacial score (nSPS) is 13.6. The molecule has 0 atom stereocenters. The first-order valence-electron chi connectivity index (χ1n) is 9.82. The maximum atomic E-state index is 13.0. The number of halogens is 1. The van der Waals surface area contributed by atoms with Crippen LogP contribution in [-0.2, 0) is 33.4 Å². The number of esters is 3. The molecule has 0 bridgehead atoms. The minimum Gasteiger partial charge on any atom is -0.495 e. The van der Waals surface area contributed by atoms with Crippen molar-refractivity contribution >= 4 is 41.1 Å². The highest BCUT2D eigenvalue weighted by Gasteiger charge is 2.42. The summed E-state index contributed by atoms with van der Waals surface area (Å²) in [7, 11) is 5.09. The fourth-order valence-electron chi connectivity index (χ4n) is 3.35. The Kier molecular flexibility index (Phi) is 8.90. The smallest absolute Gasteiger partial charge is 0.336 e. The van der Waals surface area contributed by atoms with E-state index in [4.69, 9.17) is 35.3 Å². The predicted octanol–water partition coefficient (Wildman–Crippen LogP) is 1.95. The number of benzene rings is 1. The topological polar surface area (TPSA) is 138 Å². The maximum Gasteiger partial charge on any atom is 0.336 e. The van der Waals surface area contributed by atoms with E-state index < -0.39 is 36.3 Å². The molecular weight excluding hydrogens is 472 g/mol. The number of anilines is 1. The highest BCUT2D eigenvalue weighted by molar-refractivity contribution is 6.32. The molecule has 0 saturated heterocycles. The van der Waals surface area contributed by atoms with Crippen molar-refractivity contribution in [1.29, 1.82) is 0 Å². The molecule has 1 amide bonds. The van der Waals surface area contributed by atoms with Gasteiger partial charge in [0.1, 0.15) is 17.4 Å². The van der Waals surface area contributed by atoms with Gasteiger partial charge in [0.15, 0.2) is 6.61 Å². The molecule has 1 aliphatic heterocycles. The lowest BCUT2D eigenvalue weighted by atomic mass is 9.85. The second-order valence-corrected chi connectivity index (χ2v) is 7.37. The van der Waals surface area contributed by atoms with Gasteiger partial charge in [0.2, 0.25) is 0 Å². The Morgan fingerprint density at radius 2 is 1.44 bits per heavy atom. The third-order valence-electron chi connectivity index (χ3n) is 4.90. The Bertz CT molecular complexity index is 1040. The molecule has 0 unspecified atom stereocenters. The molecule has 0 radical (unpaired) electrons. The number of dihydropyridines is 1. The number of carbonyl (C=O) groups is 4. The molecule has 1 aromatic carbocycles. The predicted molar refractivity (Wildman–Crippen MR) is 120 cm³/mol. The van der Waals surface area contributed by atoms with Gasteiger partial charge in [-0.05, 0) is 19.9 Å². The zero-order valence-electron chi connectivity index (χ0n) is 19.5. The summed E-state index contributed by atoms with van der Waals surface area (Å²) in [5.74, 6) is -4.29. The number of rotatable bonds is 8. The zero-order chi connectivity index (χ0) is 25.6. The van der Waals surface area contributed by atoms with Crippen LogP contribution in [0.1, 0.15) is 13.8 Å². The molecule has 1 heterocycles. The highest BCUT2D eigenvalue weighted by atomic mass is 35.5. The van der Waals surface area contributed by atoms with E-state index in [-0.39, 0.29) is 27.6 Å². The van der Waals surface area contributed by atoms with Crippen LogP contribution in [0.3, 0.4) is 0 Å². The van der Waals surface area contributed by atoms with E-state index >= 15 is 0 Å². The van der Waals surface area contributed by atoms with Gasteiger partial charge >= 0.3 is 17.9 Å². The van der Waals surface area contributed by atoms with Gasteiger partial charge in [0.05, 0.1) is 50.3 Å². The third kappa shape index (κ3) is 5.60. The summed E-state index contributed by atoms with van der Waals surface area (Å²) >= 11 is 6.10. The van der Waals surface area contributed by atoms with Crippen molar-refractivity contribution < 1.29 is 42.9 Å². The summed E-state index contributed by atoms with van der Waals surface area (Å²) in [4.78, 5) is 50.2. The number of methoxy groups -OCH3 is 4. The molecule has 1 aromatic rings. The summed E-state index contributed by atoms with van der Waals surface area (Å²) in [5.41, 5.74) is 0.528. The van der Waals surface area contributed by atoms with Gasteiger partial charge in [-0.25, -0.2) is 9.59 Å². The van der Waals surface area contributed by atoms with Crippen molar-refractivity contribution in [2.45, 2.75) is 13.8 Å². The monoisotopic (exact) mass is 496 g/mol. The average Bonchev–Trinajstić information content (AvgIpc) is 2.81. The first-order chi connectivity index (χ1) is 16.1. The van der Waals surface area contributed by atoms with E-state index in [2.05, 4.69) is 10.6 Å². The molecule has 0 fully saturated rings. The molecule has 0 spiro atoms. The summed E-state index contributed by atoms with van der Waals surface area (Å²) in [6.07, 6.45) is 0. The van der Waals surface area contributed by atoms with E-state index in [1.807, 2.05) is 0 Å². The van der Waals surface area contributed by atoms with E-state index in [9.17, 15) is 19.2 Å². The minimum atomic E-state index is -1.46. The second kappa shape index (κ2) is 11.4. The van der Waals surface area contributed by atoms with Gasteiger partial charge in [0, 0.05) is 17.5 Å². The van der Waals surface area contributed by atoms with Gasteiger partial charge in [0.25, 0.3) is 5.91 Å². The Labute approximate surface area is 201 Å². The number of amides is 1. The standard InChI is InChI=1S/C22H25ClN2O9/c1-10-17(20(27)32-5)19(18(11(2)24-10)21(28)33-6)22(29)34-9-16(26)25-13-7-12(23)14(30-3)8-15(13)31-4/h7-8,19,24H,9H2,1-6H3,(H,25,26). The van der Waals surface area contributed by atoms with Gasteiger partial charge < -0.3 is 34.3 Å². The molecule has 1 aliphatic rings. The van der Waals surface area contributed by atoms with E-state index in [0.29, 0.717) is 17.1 Å². The maximum absolute atomic E-state index is 13.0. The zero-order valence-corrected chi connectivity index (χ0v) is 20.2. The van der Waals surface area contributed by atoms with Crippen LogP contribution in [0.4, 0.5) is 5.69 Å². The lowest BCUT2D eigenvalue weighted by Gasteiger charge is -2.28. The fourth-order valence-corrected chi connectivity index (χ4v) is 3.60. The van der Waals surface area contributed by atoms with Gasteiger partial charge in [-0.15, -0.1) is 0 Å². The molecule has 34 heavy (non-hydrogen) atoms. The van der Waals surface area contributed by atoms with Crippen LogP contribution in [0.5, 0.6) is 11.5 Å². The van der Waals surface area contributed by atoms with E-state index in [1.165, 1.54) is 40.2 Å². The molecular formula is C22H25ClN2O9. The molecule has 12 heteroatoms. The Morgan fingerprint density at radius 1 is 0.912 bits per heavy atom. The van der Waals surface area contributed by atoms with Gasteiger partial charge in [-0.1, -0.05) is 11.6 Å². The van der Waals surface area contributed by atoms with Crippen LogP contribution in [-0.4, -0.2) is 58.9 Å². The number of allylic oxidation sites excluding steroid dienone is 2. The molecule has 0 saturated carbocycles. The summed E-state index contributed by atoms with van der Waals surface area (Å²) in [6.45, 7) is 2.35. The summed E-state index contributed by atoms with van der Waals surface area (Å²) in [6, 6.07) is 2.89. The lowest BCUT2D eigenvalue weighted by molar-refractivity contribution is -0.152. The Balaban J connectivity index is 2.26. The number of hydrogen-bond acceptors (Lipinski definition) is 10. The number of hydrogen-bond donors (Lipinski definition) is 2.